The Morgan fingerprint density at radius 3 is 2.89 bits per heavy atom. The van der Waals surface area contributed by atoms with E-state index < -0.39 is 15.2 Å². The van der Waals surface area contributed by atoms with E-state index in [2.05, 4.69) is 4.98 Å². The molecule has 2 rings (SSSR count). The minimum absolute atomic E-state index is 0.416. The van der Waals surface area contributed by atoms with Crippen LogP contribution in [0.4, 0.5) is 5.82 Å². The lowest BCUT2D eigenvalue weighted by atomic mass is 10.2. The molecule has 2 heterocycles. The van der Waals surface area contributed by atoms with Gasteiger partial charge in [0.15, 0.2) is 9.84 Å². The highest BCUT2D eigenvalue weighted by Crippen LogP contribution is 2.28. The van der Waals surface area contributed by atoms with Crippen molar-refractivity contribution in [2.75, 3.05) is 29.2 Å². The van der Waals surface area contributed by atoms with Crippen LogP contribution in [0.25, 0.3) is 0 Å². The SMILES string of the molecule is Cc1cc(CCl)cnc1N1CCSCC1S(C)(=O)=O. The molecule has 4 nitrogen and oxygen atoms in total. The molecule has 0 radical (unpaired) electrons. The van der Waals surface area contributed by atoms with Crippen LogP contribution in [0.5, 0.6) is 0 Å². The second-order valence-electron chi connectivity index (χ2n) is 4.67. The lowest BCUT2D eigenvalue weighted by Crippen LogP contribution is -2.47. The van der Waals surface area contributed by atoms with Gasteiger partial charge in [0.1, 0.15) is 11.2 Å². The molecule has 1 aromatic heterocycles. The lowest BCUT2D eigenvalue weighted by Gasteiger charge is -2.35. The van der Waals surface area contributed by atoms with Gasteiger partial charge in [-0.2, -0.15) is 11.8 Å². The third-order valence-corrected chi connectivity index (χ3v) is 6.06. The van der Waals surface area contributed by atoms with Crippen LogP contribution in [0.3, 0.4) is 0 Å². The van der Waals surface area contributed by atoms with Crippen LogP contribution in [0, 0.1) is 6.92 Å². The van der Waals surface area contributed by atoms with E-state index in [0.717, 1.165) is 22.7 Å². The number of rotatable bonds is 3. The van der Waals surface area contributed by atoms with Crippen molar-refractivity contribution >= 4 is 39.0 Å². The Balaban J connectivity index is 2.38. The zero-order chi connectivity index (χ0) is 14.0. The average molecular weight is 321 g/mol. The summed E-state index contributed by atoms with van der Waals surface area (Å²) in [6.07, 6.45) is 3.01. The van der Waals surface area contributed by atoms with Gasteiger partial charge in [-0.1, -0.05) is 0 Å². The minimum Gasteiger partial charge on any atom is -0.338 e. The van der Waals surface area contributed by atoms with Crippen LogP contribution in [0.15, 0.2) is 12.3 Å². The Morgan fingerprint density at radius 2 is 2.32 bits per heavy atom. The Bertz CT molecular complexity index is 563. The van der Waals surface area contributed by atoms with Crippen LogP contribution >= 0.6 is 23.4 Å². The van der Waals surface area contributed by atoms with E-state index in [0.29, 0.717) is 18.2 Å². The molecule has 1 unspecified atom stereocenters. The summed E-state index contributed by atoms with van der Waals surface area (Å²) >= 11 is 7.46. The summed E-state index contributed by atoms with van der Waals surface area (Å²) < 4.78 is 23.8. The second kappa shape index (κ2) is 5.89. The van der Waals surface area contributed by atoms with E-state index in [9.17, 15) is 8.42 Å². The monoisotopic (exact) mass is 320 g/mol. The normalized spacial score (nSPS) is 20.6. The van der Waals surface area contributed by atoms with Crippen LogP contribution in [0.1, 0.15) is 11.1 Å². The first-order valence-electron chi connectivity index (χ1n) is 5.98. The van der Waals surface area contributed by atoms with Crippen molar-refractivity contribution in [3.63, 3.8) is 0 Å². The summed E-state index contributed by atoms with van der Waals surface area (Å²) in [5, 5.41) is -0.487. The smallest absolute Gasteiger partial charge is 0.169 e. The number of aromatic nitrogens is 1. The van der Waals surface area contributed by atoms with Crippen molar-refractivity contribution in [3.8, 4) is 0 Å². The number of aryl methyl sites for hydroxylation is 1. The van der Waals surface area contributed by atoms with Gasteiger partial charge in [-0.3, -0.25) is 0 Å². The van der Waals surface area contributed by atoms with Crippen molar-refractivity contribution in [1.29, 1.82) is 0 Å². The molecule has 1 atom stereocenters. The molecule has 1 aliphatic heterocycles. The molecular weight excluding hydrogens is 304 g/mol. The maximum Gasteiger partial charge on any atom is 0.169 e. The third-order valence-electron chi connectivity index (χ3n) is 3.11. The van der Waals surface area contributed by atoms with Gasteiger partial charge in [-0.25, -0.2) is 13.4 Å². The molecule has 0 N–H and O–H groups in total. The van der Waals surface area contributed by atoms with Gasteiger partial charge >= 0.3 is 0 Å². The van der Waals surface area contributed by atoms with Gasteiger partial charge in [-0.15, -0.1) is 11.6 Å². The number of nitrogens with zero attached hydrogens (tertiary/aromatic N) is 2. The number of pyridine rings is 1. The van der Waals surface area contributed by atoms with Crippen LogP contribution < -0.4 is 4.90 Å². The third kappa shape index (κ3) is 3.35. The molecule has 1 saturated heterocycles. The van der Waals surface area contributed by atoms with Crippen molar-refractivity contribution < 1.29 is 8.42 Å². The zero-order valence-corrected chi connectivity index (χ0v) is 13.4. The zero-order valence-electron chi connectivity index (χ0n) is 11.0. The quantitative estimate of drug-likeness (QED) is 0.798. The summed E-state index contributed by atoms with van der Waals surface area (Å²) in [5.41, 5.74) is 1.92. The predicted octanol–water partition coefficient (Wildman–Crippen LogP) is 2.05. The fourth-order valence-electron chi connectivity index (χ4n) is 2.18. The van der Waals surface area contributed by atoms with Gasteiger partial charge < -0.3 is 4.90 Å². The Hall–Kier alpha value is -0.460. The summed E-state index contributed by atoms with van der Waals surface area (Å²) in [5.74, 6) is 2.69. The molecule has 1 fully saturated rings. The summed E-state index contributed by atoms with van der Waals surface area (Å²) in [4.78, 5) is 6.31. The Morgan fingerprint density at radius 1 is 1.58 bits per heavy atom. The van der Waals surface area contributed by atoms with Crippen molar-refractivity contribution in [1.82, 2.24) is 4.98 Å². The van der Waals surface area contributed by atoms with E-state index in [1.807, 2.05) is 17.9 Å². The predicted molar refractivity (Wildman–Crippen MR) is 81.8 cm³/mol. The topological polar surface area (TPSA) is 50.3 Å². The summed E-state index contributed by atoms with van der Waals surface area (Å²) in [7, 11) is -3.12. The molecule has 0 spiro atoms. The molecule has 0 aromatic carbocycles. The van der Waals surface area contributed by atoms with E-state index >= 15 is 0 Å². The maximum atomic E-state index is 11.9. The fourth-order valence-corrected chi connectivity index (χ4v) is 5.14. The molecule has 0 bridgehead atoms. The maximum absolute atomic E-state index is 11.9. The number of sulfone groups is 1. The highest BCUT2D eigenvalue weighted by molar-refractivity contribution is 8.01. The fraction of sp³-hybridized carbons (Fsp3) is 0.583. The molecule has 0 aliphatic carbocycles. The summed E-state index contributed by atoms with van der Waals surface area (Å²) in [6, 6.07) is 1.97. The van der Waals surface area contributed by atoms with Gasteiger partial charge in [-0.05, 0) is 24.1 Å². The highest BCUT2D eigenvalue weighted by atomic mass is 35.5. The number of thioether (sulfide) groups is 1. The van der Waals surface area contributed by atoms with Gasteiger partial charge in [0, 0.05) is 36.4 Å². The molecule has 1 aliphatic rings. The number of hydrogen-bond donors (Lipinski definition) is 0. The minimum atomic E-state index is -3.12. The molecule has 0 saturated carbocycles. The summed E-state index contributed by atoms with van der Waals surface area (Å²) in [6.45, 7) is 2.65. The van der Waals surface area contributed by atoms with Gasteiger partial charge in [0.25, 0.3) is 0 Å². The number of anilines is 1. The van der Waals surface area contributed by atoms with Crippen molar-refractivity contribution in [3.05, 3.63) is 23.4 Å². The largest absolute Gasteiger partial charge is 0.338 e. The van der Waals surface area contributed by atoms with Gasteiger partial charge in [0.2, 0.25) is 0 Å². The number of hydrogen-bond acceptors (Lipinski definition) is 5. The molecule has 0 amide bonds. The van der Waals surface area contributed by atoms with E-state index in [-0.39, 0.29) is 0 Å². The van der Waals surface area contributed by atoms with Gasteiger partial charge in [0.05, 0.1) is 0 Å². The molecule has 1 aromatic rings. The standard InChI is InChI=1S/C12H17ClN2O2S2/c1-9-5-10(6-13)7-14-12(9)15-3-4-18-8-11(15)19(2,16)17/h5,7,11H,3-4,6,8H2,1-2H3. The lowest BCUT2D eigenvalue weighted by molar-refractivity contribution is 0.583. The molecule has 106 valence electrons. The first-order chi connectivity index (χ1) is 8.93. The van der Waals surface area contributed by atoms with Crippen LogP contribution in [0.2, 0.25) is 0 Å². The Kier molecular flexibility index (Phi) is 4.63. The molecular formula is C12H17ClN2O2S2. The van der Waals surface area contributed by atoms with Crippen molar-refractivity contribution in [2.24, 2.45) is 0 Å². The first-order valence-corrected chi connectivity index (χ1v) is 9.62. The van der Waals surface area contributed by atoms with Crippen LogP contribution in [-0.4, -0.2) is 43.1 Å². The Labute approximate surface area is 123 Å². The van der Waals surface area contributed by atoms with E-state index in [1.54, 1.807) is 18.0 Å². The molecule has 19 heavy (non-hydrogen) atoms. The van der Waals surface area contributed by atoms with Crippen LogP contribution in [-0.2, 0) is 15.7 Å². The first kappa shape index (κ1) is 14.9. The van der Waals surface area contributed by atoms with Crippen molar-refractivity contribution in [2.45, 2.75) is 18.2 Å². The van der Waals surface area contributed by atoms with E-state index in [4.69, 9.17) is 11.6 Å². The highest BCUT2D eigenvalue weighted by Gasteiger charge is 2.32. The second-order valence-corrected chi connectivity index (χ2v) is 8.29. The number of alkyl halides is 1. The number of halogens is 1. The van der Waals surface area contributed by atoms with E-state index in [1.165, 1.54) is 6.26 Å². The molecule has 7 heteroatoms. The average Bonchev–Trinajstić information content (AvgIpc) is 2.37.